The lowest BCUT2D eigenvalue weighted by Crippen LogP contribution is -2.58. The molecule has 1 aliphatic rings. The van der Waals surface area contributed by atoms with E-state index < -0.39 is 23.7 Å². The van der Waals surface area contributed by atoms with Crippen LogP contribution in [0.4, 0.5) is 9.18 Å². The van der Waals surface area contributed by atoms with Crippen LogP contribution in [0.15, 0.2) is 24.3 Å². The van der Waals surface area contributed by atoms with Crippen molar-refractivity contribution in [2.75, 3.05) is 19.6 Å². The van der Waals surface area contributed by atoms with Crippen molar-refractivity contribution in [2.45, 2.75) is 39.0 Å². The standard InChI is InChI=1S/C17H23FN2O4/c1-17(2,3)24-16(23)20-8-7-19(11-14(20)15(21)22)10-12-5-4-6-13(18)9-12/h4-6,9,14H,7-8,10-11H2,1-3H3,(H,21,22)/t14-/m0/s1. The van der Waals surface area contributed by atoms with E-state index in [1.54, 1.807) is 32.9 Å². The van der Waals surface area contributed by atoms with Gasteiger partial charge in [-0.2, -0.15) is 0 Å². The largest absolute Gasteiger partial charge is 0.480 e. The van der Waals surface area contributed by atoms with Gasteiger partial charge in [-0.25, -0.2) is 14.0 Å². The predicted octanol–water partition coefficient (Wildman–Crippen LogP) is 2.33. The molecule has 1 aliphatic heterocycles. The number of piperazine rings is 1. The van der Waals surface area contributed by atoms with Gasteiger partial charge in [-0.1, -0.05) is 12.1 Å². The van der Waals surface area contributed by atoms with Crippen LogP contribution in [0, 0.1) is 5.82 Å². The summed E-state index contributed by atoms with van der Waals surface area (Å²) in [7, 11) is 0. The molecule has 132 valence electrons. The molecule has 1 aromatic carbocycles. The van der Waals surface area contributed by atoms with Crippen LogP contribution in [0.5, 0.6) is 0 Å². The third-order valence-corrected chi connectivity index (χ3v) is 3.67. The number of amides is 1. The van der Waals surface area contributed by atoms with Gasteiger partial charge in [0.25, 0.3) is 0 Å². The molecule has 0 saturated carbocycles. The van der Waals surface area contributed by atoms with E-state index in [9.17, 15) is 19.1 Å². The number of carbonyl (C=O) groups excluding carboxylic acids is 1. The Balaban J connectivity index is 2.05. The molecular formula is C17H23FN2O4. The third kappa shape index (κ3) is 4.92. The second-order valence-electron chi connectivity index (χ2n) is 6.89. The number of nitrogens with zero attached hydrogens (tertiary/aromatic N) is 2. The lowest BCUT2D eigenvalue weighted by Gasteiger charge is -2.39. The molecule has 2 rings (SSSR count). The van der Waals surface area contributed by atoms with Gasteiger partial charge in [0, 0.05) is 26.2 Å². The summed E-state index contributed by atoms with van der Waals surface area (Å²) in [6.45, 7) is 6.57. The van der Waals surface area contributed by atoms with Crippen LogP contribution in [0.3, 0.4) is 0 Å². The number of carboxylic acid groups (broad SMARTS) is 1. The maximum absolute atomic E-state index is 13.3. The average molecular weight is 338 g/mol. The van der Waals surface area contributed by atoms with Crippen LogP contribution in [0.2, 0.25) is 0 Å². The summed E-state index contributed by atoms with van der Waals surface area (Å²) in [5.74, 6) is -1.40. The number of hydrogen-bond acceptors (Lipinski definition) is 4. The van der Waals surface area contributed by atoms with E-state index in [4.69, 9.17) is 4.74 Å². The zero-order chi connectivity index (χ0) is 17.9. The summed E-state index contributed by atoms with van der Waals surface area (Å²) in [6.07, 6.45) is -0.625. The molecule has 0 spiro atoms. The molecule has 1 N–H and O–H groups in total. The van der Waals surface area contributed by atoms with Gasteiger partial charge in [-0.05, 0) is 38.5 Å². The minimum atomic E-state index is -1.08. The van der Waals surface area contributed by atoms with E-state index >= 15 is 0 Å². The fourth-order valence-electron chi connectivity index (χ4n) is 2.63. The van der Waals surface area contributed by atoms with Crippen molar-refractivity contribution in [1.82, 2.24) is 9.80 Å². The van der Waals surface area contributed by atoms with Gasteiger partial charge < -0.3 is 9.84 Å². The van der Waals surface area contributed by atoms with Crippen LogP contribution in [-0.2, 0) is 16.1 Å². The first kappa shape index (κ1) is 18.2. The second-order valence-corrected chi connectivity index (χ2v) is 6.89. The highest BCUT2D eigenvalue weighted by Gasteiger charge is 2.37. The molecular weight excluding hydrogens is 315 g/mol. The summed E-state index contributed by atoms with van der Waals surface area (Å²) in [5, 5.41) is 9.45. The molecule has 6 nitrogen and oxygen atoms in total. The number of halogens is 1. The van der Waals surface area contributed by atoms with Gasteiger partial charge in [0.1, 0.15) is 17.5 Å². The van der Waals surface area contributed by atoms with Crippen molar-refractivity contribution < 1.29 is 23.8 Å². The molecule has 1 fully saturated rings. The summed E-state index contributed by atoms with van der Waals surface area (Å²) < 4.78 is 18.6. The van der Waals surface area contributed by atoms with Gasteiger partial charge in [0.05, 0.1) is 0 Å². The highest BCUT2D eigenvalue weighted by atomic mass is 19.1. The van der Waals surface area contributed by atoms with Crippen LogP contribution in [0.25, 0.3) is 0 Å². The maximum atomic E-state index is 13.3. The van der Waals surface area contributed by atoms with E-state index in [1.807, 2.05) is 4.90 Å². The van der Waals surface area contributed by atoms with Crippen LogP contribution < -0.4 is 0 Å². The van der Waals surface area contributed by atoms with E-state index in [0.29, 0.717) is 13.1 Å². The maximum Gasteiger partial charge on any atom is 0.411 e. The van der Waals surface area contributed by atoms with Gasteiger partial charge >= 0.3 is 12.1 Å². The summed E-state index contributed by atoms with van der Waals surface area (Å²) >= 11 is 0. The Morgan fingerprint density at radius 2 is 2.04 bits per heavy atom. The molecule has 24 heavy (non-hydrogen) atoms. The molecule has 0 radical (unpaired) electrons. The number of carbonyl (C=O) groups is 2. The highest BCUT2D eigenvalue weighted by Crippen LogP contribution is 2.18. The normalized spacial score (nSPS) is 19.2. The predicted molar refractivity (Wildman–Crippen MR) is 86.0 cm³/mol. The van der Waals surface area contributed by atoms with Crippen molar-refractivity contribution in [3.8, 4) is 0 Å². The Bertz CT molecular complexity index is 615. The van der Waals surface area contributed by atoms with Gasteiger partial charge in [0.15, 0.2) is 0 Å². The van der Waals surface area contributed by atoms with E-state index in [0.717, 1.165) is 5.56 Å². The van der Waals surface area contributed by atoms with E-state index in [2.05, 4.69) is 0 Å². The van der Waals surface area contributed by atoms with Gasteiger partial charge in [-0.15, -0.1) is 0 Å². The zero-order valence-electron chi connectivity index (χ0n) is 14.2. The van der Waals surface area contributed by atoms with Crippen molar-refractivity contribution in [1.29, 1.82) is 0 Å². The first-order chi connectivity index (χ1) is 11.2. The van der Waals surface area contributed by atoms with Crippen molar-refractivity contribution in [2.24, 2.45) is 0 Å². The molecule has 1 aromatic rings. The van der Waals surface area contributed by atoms with E-state index in [1.165, 1.54) is 17.0 Å². The molecule has 0 unspecified atom stereocenters. The first-order valence-electron chi connectivity index (χ1n) is 7.85. The molecule has 1 heterocycles. The summed E-state index contributed by atoms with van der Waals surface area (Å²) in [5.41, 5.74) is 0.0867. The van der Waals surface area contributed by atoms with Crippen molar-refractivity contribution in [3.05, 3.63) is 35.6 Å². The van der Waals surface area contributed by atoms with Crippen molar-refractivity contribution in [3.63, 3.8) is 0 Å². The Kier molecular flexibility index (Phi) is 5.43. The average Bonchev–Trinajstić information content (AvgIpc) is 2.45. The zero-order valence-corrected chi connectivity index (χ0v) is 14.2. The SMILES string of the molecule is CC(C)(C)OC(=O)N1CCN(Cc2cccc(F)c2)C[C@H]1C(=O)O. The monoisotopic (exact) mass is 338 g/mol. The quantitative estimate of drug-likeness (QED) is 0.916. The van der Waals surface area contributed by atoms with Gasteiger partial charge in [0.2, 0.25) is 0 Å². The topological polar surface area (TPSA) is 70.1 Å². The summed E-state index contributed by atoms with van der Waals surface area (Å²) in [6, 6.07) is 5.22. The highest BCUT2D eigenvalue weighted by molar-refractivity contribution is 5.80. The lowest BCUT2D eigenvalue weighted by molar-refractivity contribution is -0.145. The summed E-state index contributed by atoms with van der Waals surface area (Å²) in [4.78, 5) is 26.9. The number of aliphatic carboxylic acids is 1. The van der Waals surface area contributed by atoms with Crippen LogP contribution in [-0.4, -0.2) is 58.2 Å². The Morgan fingerprint density at radius 1 is 1.33 bits per heavy atom. The van der Waals surface area contributed by atoms with Crippen molar-refractivity contribution >= 4 is 12.1 Å². The van der Waals surface area contributed by atoms with Gasteiger partial charge in [-0.3, -0.25) is 9.80 Å². The smallest absolute Gasteiger partial charge is 0.411 e. The number of hydrogen-bond donors (Lipinski definition) is 1. The minimum absolute atomic E-state index is 0.172. The fraction of sp³-hybridized carbons (Fsp3) is 0.529. The lowest BCUT2D eigenvalue weighted by atomic mass is 10.1. The van der Waals surface area contributed by atoms with Crippen LogP contribution in [0.1, 0.15) is 26.3 Å². The molecule has 0 aliphatic carbocycles. The van der Waals surface area contributed by atoms with E-state index in [-0.39, 0.29) is 18.9 Å². The molecule has 1 saturated heterocycles. The number of carboxylic acids is 1. The molecule has 7 heteroatoms. The molecule has 1 amide bonds. The molecule has 1 atom stereocenters. The van der Waals surface area contributed by atoms with Crippen LogP contribution >= 0.6 is 0 Å². The fourth-order valence-corrected chi connectivity index (χ4v) is 2.63. The molecule has 0 bridgehead atoms. The number of ether oxygens (including phenoxy) is 1. The Morgan fingerprint density at radius 3 is 2.62 bits per heavy atom. The Labute approximate surface area is 140 Å². The first-order valence-corrected chi connectivity index (χ1v) is 7.85. The Hall–Kier alpha value is -2.15. The molecule has 0 aromatic heterocycles. The minimum Gasteiger partial charge on any atom is -0.480 e. The third-order valence-electron chi connectivity index (χ3n) is 3.67. The number of rotatable bonds is 3. The second kappa shape index (κ2) is 7.17. The number of benzene rings is 1.